The van der Waals surface area contributed by atoms with Crippen molar-refractivity contribution in [2.24, 2.45) is 17.4 Å². The number of carbonyl (C=O) groups is 3. The number of nitrogens with two attached hydrogens (primary N) is 2. The Balaban J connectivity index is 0.00000722. The molecule has 13 heteroatoms. The second-order valence-corrected chi connectivity index (χ2v) is 9.16. The van der Waals surface area contributed by atoms with E-state index in [1.54, 1.807) is 0 Å². The average Bonchev–Trinajstić information content (AvgIpc) is 2.88. The summed E-state index contributed by atoms with van der Waals surface area (Å²) < 4.78 is 0. The van der Waals surface area contributed by atoms with Crippen molar-refractivity contribution in [3.05, 3.63) is 70.3 Å². The standard InChI is InChI=1S/C26H36N6O5.2ClH/c1-17(2)23(28)26(35)31-22(16-18-8-4-3-5-9-18)25(34)30-21(10-6-7-15-27)24(33)29-19-11-13-20(14-12-19)32(36)37;;/h3-5,8-9,11-14,17,21-23H,6-7,10,15-16,27-28H2,1-2H3,(H,29,33)(H,30,34)(H,31,35);2*1H. The zero-order chi connectivity index (χ0) is 27.4. The van der Waals surface area contributed by atoms with Gasteiger partial charge in [0.2, 0.25) is 17.7 Å². The number of hydrogen-bond donors (Lipinski definition) is 5. The second-order valence-electron chi connectivity index (χ2n) is 9.16. The molecule has 3 atom stereocenters. The number of anilines is 1. The summed E-state index contributed by atoms with van der Waals surface area (Å²) in [5, 5.41) is 19.1. The molecule has 39 heavy (non-hydrogen) atoms. The minimum atomic E-state index is -0.955. The highest BCUT2D eigenvalue weighted by Gasteiger charge is 2.29. The lowest BCUT2D eigenvalue weighted by Gasteiger charge is -2.25. The fourth-order valence-corrected chi connectivity index (χ4v) is 3.56. The van der Waals surface area contributed by atoms with Gasteiger partial charge in [0.25, 0.3) is 5.69 Å². The van der Waals surface area contributed by atoms with Crippen LogP contribution in [0.4, 0.5) is 11.4 Å². The monoisotopic (exact) mass is 584 g/mol. The molecule has 0 fully saturated rings. The number of halogens is 2. The van der Waals surface area contributed by atoms with Gasteiger partial charge in [-0.3, -0.25) is 24.5 Å². The molecule has 0 aliphatic carbocycles. The lowest BCUT2D eigenvalue weighted by atomic mass is 10.0. The van der Waals surface area contributed by atoms with Gasteiger partial charge in [-0.05, 0) is 49.4 Å². The predicted molar refractivity (Wildman–Crippen MR) is 156 cm³/mol. The minimum Gasteiger partial charge on any atom is -0.343 e. The molecule has 216 valence electrons. The van der Waals surface area contributed by atoms with Crippen molar-refractivity contribution in [1.82, 2.24) is 10.6 Å². The normalized spacial score (nSPS) is 12.6. The zero-order valence-corrected chi connectivity index (χ0v) is 23.6. The Hall–Kier alpha value is -3.25. The lowest BCUT2D eigenvalue weighted by molar-refractivity contribution is -0.384. The Kier molecular flexibility index (Phi) is 16.6. The number of rotatable bonds is 14. The van der Waals surface area contributed by atoms with Gasteiger partial charge in [0, 0.05) is 24.2 Å². The van der Waals surface area contributed by atoms with Gasteiger partial charge in [-0.2, -0.15) is 0 Å². The van der Waals surface area contributed by atoms with E-state index >= 15 is 0 Å². The predicted octanol–water partition coefficient (Wildman–Crippen LogP) is 2.70. The van der Waals surface area contributed by atoms with E-state index in [0.29, 0.717) is 31.5 Å². The molecule has 11 nitrogen and oxygen atoms in total. The molecule has 2 aromatic carbocycles. The van der Waals surface area contributed by atoms with Gasteiger partial charge in [-0.15, -0.1) is 24.8 Å². The van der Waals surface area contributed by atoms with E-state index in [-0.39, 0.29) is 42.8 Å². The highest BCUT2D eigenvalue weighted by molar-refractivity contribution is 5.98. The molecule has 0 bridgehead atoms. The summed E-state index contributed by atoms with van der Waals surface area (Å²) in [4.78, 5) is 49.4. The molecule has 0 heterocycles. The molecule has 0 aliphatic rings. The molecule has 0 saturated carbocycles. The average molecular weight is 586 g/mol. The van der Waals surface area contributed by atoms with Gasteiger partial charge in [0.1, 0.15) is 12.1 Å². The first-order chi connectivity index (χ1) is 17.6. The van der Waals surface area contributed by atoms with Crippen LogP contribution in [0.5, 0.6) is 0 Å². The maximum absolute atomic E-state index is 13.3. The summed E-state index contributed by atoms with van der Waals surface area (Å²) in [5.41, 5.74) is 12.7. The van der Waals surface area contributed by atoms with Crippen molar-refractivity contribution >= 4 is 53.9 Å². The third-order valence-corrected chi connectivity index (χ3v) is 5.86. The molecular weight excluding hydrogens is 547 g/mol. The van der Waals surface area contributed by atoms with E-state index < -0.39 is 40.8 Å². The van der Waals surface area contributed by atoms with Crippen LogP contribution < -0.4 is 27.4 Å². The fourth-order valence-electron chi connectivity index (χ4n) is 3.56. The van der Waals surface area contributed by atoms with Crippen molar-refractivity contribution in [3.63, 3.8) is 0 Å². The number of hydrogen-bond acceptors (Lipinski definition) is 7. The summed E-state index contributed by atoms with van der Waals surface area (Å²) >= 11 is 0. The van der Waals surface area contributed by atoms with Crippen molar-refractivity contribution in [2.75, 3.05) is 11.9 Å². The van der Waals surface area contributed by atoms with Crippen LogP contribution in [0.1, 0.15) is 38.7 Å². The molecule has 0 spiro atoms. The number of amides is 3. The topological polar surface area (TPSA) is 182 Å². The number of nitro groups is 1. The largest absolute Gasteiger partial charge is 0.343 e. The van der Waals surface area contributed by atoms with Crippen molar-refractivity contribution in [3.8, 4) is 0 Å². The fraction of sp³-hybridized carbons (Fsp3) is 0.423. The van der Waals surface area contributed by atoms with Crippen molar-refractivity contribution in [2.45, 2.75) is 57.7 Å². The molecule has 3 unspecified atom stereocenters. The molecule has 2 aromatic rings. The number of nitrogens with zero attached hydrogens (tertiary/aromatic N) is 1. The van der Waals surface area contributed by atoms with Crippen LogP contribution >= 0.6 is 24.8 Å². The molecule has 0 aliphatic heterocycles. The Morgan fingerprint density at radius 2 is 1.46 bits per heavy atom. The molecule has 3 amide bonds. The van der Waals surface area contributed by atoms with E-state index in [2.05, 4.69) is 16.0 Å². The number of nitro benzene ring substituents is 1. The molecule has 0 saturated heterocycles. The van der Waals surface area contributed by atoms with E-state index in [1.165, 1.54) is 24.3 Å². The third-order valence-electron chi connectivity index (χ3n) is 5.86. The van der Waals surface area contributed by atoms with E-state index in [4.69, 9.17) is 11.5 Å². The molecular formula is C26H38Cl2N6O5. The zero-order valence-electron chi connectivity index (χ0n) is 22.0. The van der Waals surface area contributed by atoms with E-state index in [9.17, 15) is 24.5 Å². The Morgan fingerprint density at radius 1 is 0.872 bits per heavy atom. The van der Waals surface area contributed by atoms with Crippen LogP contribution in [0.25, 0.3) is 0 Å². The first kappa shape index (κ1) is 35.8. The Morgan fingerprint density at radius 3 is 2.00 bits per heavy atom. The van der Waals surface area contributed by atoms with Crippen LogP contribution in [-0.4, -0.2) is 47.3 Å². The van der Waals surface area contributed by atoms with Crippen LogP contribution in [-0.2, 0) is 20.8 Å². The number of non-ortho nitro benzene ring substituents is 1. The van der Waals surface area contributed by atoms with Gasteiger partial charge in [0.05, 0.1) is 11.0 Å². The molecule has 7 N–H and O–H groups in total. The highest BCUT2D eigenvalue weighted by Crippen LogP contribution is 2.16. The molecule has 0 radical (unpaired) electrons. The van der Waals surface area contributed by atoms with E-state index in [1.807, 2.05) is 44.2 Å². The summed E-state index contributed by atoms with van der Waals surface area (Å²) in [6, 6.07) is 11.9. The van der Waals surface area contributed by atoms with Crippen molar-refractivity contribution < 1.29 is 19.3 Å². The lowest BCUT2D eigenvalue weighted by Crippen LogP contribution is -2.56. The first-order valence-corrected chi connectivity index (χ1v) is 12.3. The van der Waals surface area contributed by atoms with Gasteiger partial charge in [-0.1, -0.05) is 44.2 Å². The molecule has 0 aromatic heterocycles. The summed E-state index contributed by atoms with van der Waals surface area (Å²) in [6.45, 7) is 4.06. The van der Waals surface area contributed by atoms with Crippen LogP contribution in [0, 0.1) is 16.0 Å². The smallest absolute Gasteiger partial charge is 0.269 e. The second kappa shape index (κ2) is 18.1. The quantitative estimate of drug-likeness (QED) is 0.128. The van der Waals surface area contributed by atoms with Gasteiger partial charge < -0.3 is 27.4 Å². The number of carbonyl (C=O) groups excluding carboxylic acids is 3. The highest BCUT2D eigenvalue weighted by atomic mass is 35.5. The number of benzene rings is 2. The SMILES string of the molecule is CC(C)C(N)C(=O)NC(Cc1ccccc1)C(=O)NC(CCCCN)C(=O)Nc1ccc([N+](=O)[O-])cc1.Cl.Cl. The van der Waals surface area contributed by atoms with Crippen molar-refractivity contribution in [1.29, 1.82) is 0 Å². The van der Waals surface area contributed by atoms with Gasteiger partial charge in [0.15, 0.2) is 0 Å². The van der Waals surface area contributed by atoms with Crippen LogP contribution in [0.3, 0.4) is 0 Å². The summed E-state index contributed by atoms with van der Waals surface area (Å²) in [7, 11) is 0. The Labute approximate surface area is 240 Å². The van der Waals surface area contributed by atoms with Gasteiger partial charge >= 0.3 is 0 Å². The number of unbranched alkanes of at least 4 members (excludes halogenated alkanes) is 1. The summed E-state index contributed by atoms with van der Waals surface area (Å²) in [6.07, 6.45) is 1.77. The minimum absolute atomic E-state index is 0. The number of nitrogens with one attached hydrogen (secondary N) is 3. The maximum atomic E-state index is 13.3. The maximum Gasteiger partial charge on any atom is 0.269 e. The summed E-state index contributed by atoms with van der Waals surface area (Å²) in [5.74, 6) is -1.59. The molecule has 2 rings (SSSR count). The third kappa shape index (κ3) is 12.0. The Bertz CT molecular complexity index is 1060. The van der Waals surface area contributed by atoms with Crippen LogP contribution in [0.15, 0.2) is 54.6 Å². The van der Waals surface area contributed by atoms with E-state index in [0.717, 1.165) is 5.56 Å². The first-order valence-electron chi connectivity index (χ1n) is 12.3. The van der Waals surface area contributed by atoms with Crippen LogP contribution in [0.2, 0.25) is 0 Å². The van der Waals surface area contributed by atoms with Gasteiger partial charge in [-0.25, -0.2) is 0 Å².